The van der Waals surface area contributed by atoms with E-state index in [0.29, 0.717) is 0 Å². The van der Waals surface area contributed by atoms with E-state index < -0.39 is 0 Å². The maximum absolute atomic E-state index is 12.7. The topological polar surface area (TPSA) is 50.8 Å². The van der Waals surface area contributed by atoms with Crippen molar-refractivity contribution >= 4 is 27.3 Å². The Morgan fingerprint density at radius 3 is 3.00 bits per heavy atom. The molecule has 1 aliphatic rings. The van der Waals surface area contributed by atoms with E-state index in [2.05, 4.69) is 10.2 Å². The molecule has 0 aliphatic carbocycles. The zero-order valence-corrected chi connectivity index (χ0v) is 15.2. The smallest absolute Gasteiger partial charge is 0.261 e. The quantitative estimate of drug-likeness (QED) is 0.872. The van der Waals surface area contributed by atoms with Gasteiger partial charge in [0.05, 0.1) is 18.6 Å². The van der Waals surface area contributed by atoms with E-state index in [-0.39, 0.29) is 11.9 Å². The van der Waals surface area contributed by atoms with Gasteiger partial charge in [-0.15, -0.1) is 11.3 Å². The molecule has 1 atom stereocenters. The summed E-state index contributed by atoms with van der Waals surface area (Å²) in [4.78, 5) is 15.8. The number of likely N-dealkylation sites (tertiary alicyclic amines) is 1. The number of carbonyl (C=O) groups is 1. The Balaban J connectivity index is 1.69. The predicted octanol–water partition coefficient (Wildman–Crippen LogP) is 2.67. The molecule has 1 aliphatic heterocycles. The number of methoxy groups -OCH3 is 2. The van der Waals surface area contributed by atoms with E-state index in [1.807, 2.05) is 25.1 Å². The maximum Gasteiger partial charge on any atom is 0.261 e. The molecule has 0 unspecified atom stereocenters. The SMILES string of the molecule is COCCN1CC[C@H](NC(=O)c2sc3ccc(OC)cc3c2C)C1. The molecule has 1 aromatic heterocycles. The van der Waals surface area contributed by atoms with E-state index >= 15 is 0 Å². The predicted molar refractivity (Wildman–Crippen MR) is 97.3 cm³/mol. The number of benzene rings is 1. The van der Waals surface area contributed by atoms with Crippen LogP contribution in [0.3, 0.4) is 0 Å². The zero-order chi connectivity index (χ0) is 17.1. The lowest BCUT2D eigenvalue weighted by atomic mass is 10.1. The molecule has 0 radical (unpaired) electrons. The average molecular weight is 348 g/mol. The molecule has 0 saturated carbocycles. The number of hydrogen-bond donors (Lipinski definition) is 1. The van der Waals surface area contributed by atoms with E-state index in [0.717, 1.165) is 58.9 Å². The summed E-state index contributed by atoms with van der Waals surface area (Å²) in [6, 6.07) is 6.17. The van der Waals surface area contributed by atoms with Crippen LogP contribution in [-0.4, -0.2) is 57.3 Å². The first-order valence-electron chi connectivity index (χ1n) is 8.21. The molecule has 1 aromatic carbocycles. The lowest BCUT2D eigenvalue weighted by molar-refractivity contribution is 0.0940. The first kappa shape index (κ1) is 17.2. The van der Waals surface area contributed by atoms with Crippen molar-refractivity contribution in [1.29, 1.82) is 0 Å². The van der Waals surface area contributed by atoms with Gasteiger partial charge in [0.1, 0.15) is 5.75 Å². The van der Waals surface area contributed by atoms with Crippen LogP contribution in [0.1, 0.15) is 21.7 Å². The van der Waals surface area contributed by atoms with Gasteiger partial charge in [-0.25, -0.2) is 0 Å². The fourth-order valence-corrected chi connectivity index (χ4v) is 4.26. The summed E-state index contributed by atoms with van der Waals surface area (Å²) in [6.45, 7) is 5.57. The Morgan fingerprint density at radius 1 is 1.42 bits per heavy atom. The number of ether oxygens (including phenoxy) is 2. The normalized spacial score (nSPS) is 18.2. The van der Waals surface area contributed by atoms with Crippen molar-refractivity contribution in [3.8, 4) is 5.75 Å². The van der Waals surface area contributed by atoms with E-state index in [1.54, 1.807) is 25.6 Å². The standard InChI is InChI=1S/C18H24N2O3S/c1-12-15-10-14(23-3)4-5-16(15)24-17(12)18(21)19-13-6-7-20(11-13)8-9-22-2/h4-5,10,13H,6-9,11H2,1-3H3,(H,19,21)/t13-/m0/s1. The third kappa shape index (κ3) is 3.55. The number of nitrogens with zero attached hydrogens (tertiary/aromatic N) is 1. The second-order valence-electron chi connectivity index (χ2n) is 6.17. The highest BCUT2D eigenvalue weighted by Gasteiger charge is 2.25. The van der Waals surface area contributed by atoms with Gasteiger partial charge in [0.25, 0.3) is 5.91 Å². The van der Waals surface area contributed by atoms with Crippen LogP contribution < -0.4 is 10.1 Å². The monoisotopic (exact) mass is 348 g/mol. The van der Waals surface area contributed by atoms with Gasteiger partial charge < -0.3 is 14.8 Å². The van der Waals surface area contributed by atoms with Gasteiger partial charge in [0.2, 0.25) is 0 Å². The summed E-state index contributed by atoms with van der Waals surface area (Å²) in [7, 11) is 3.38. The van der Waals surface area contributed by atoms with Crippen molar-refractivity contribution in [2.24, 2.45) is 0 Å². The van der Waals surface area contributed by atoms with Crippen molar-refractivity contribution in [3.63, 3.8) is 0 Å². The molecule has 3 rings (SSSR count). The third-order valence-corrected chi connectivity index (χ3v) is 5.84. The van der Waals surface area contributed by atoms with Crippen LogP contribution in [0.25, 0.3) is 10.1 Å². The molecule has 1 fully saturated rings. The van der Waals surface area contributed by atoms with Crippen LogP contribution in [-0.2, 0) is 4.74 Å². The molecule has 6 heteroatoms. The van der Waals surface area contributed by atoms with Gasteiger partial charge >= 0.3 is 0 Å². The van der Waals surface area contributed by atoms with Crippen molar-refractivity contribution in [3.05, 3.63) is 28.6 Å². The molecule has 2 heterocycles. The molecule has 24 heavy (non-hydrogen) atoms. The molecule has 1 saturated heterocycles. The highest BCUT2D eigenvalue weighted by molar-refractivity contribution is 7.21. The van der Waals surface area contributed by atoms with E-state index in [4.69, 9.17) is 9.47 Å². The molecule has 1 amide bonds. The minimum atomic E-state index is 0.0336. The lowest BCUT2D eigenvalue weighted by Crippen LogP contribution is -2.37. The van der Waals surface area contributed by atoms with Crippen molar-refractivity contribution < 1.29 is 14.3 Å². The Labute approximate surface area is 146 Å². The summed E-state index contributed by atoms with van der Waals surface area (Å²) in [5, 5.41) is 4.28. The van der Waals surface area contributed by atoms with Crippen molar-refractivity contribution in [2.75, 3.05) is 40.5 Å². The minimum absolute atomic E-state index is 0.0336. The van der Waals surface area contributed by atoms with E-state index in [1.165, 1.54) is 0 Å². The second kappa shape index (κ2) is 7.51. The van der Waals surface area contributed by atoms with Crippen molar-refractivity contribution in [1.82, 2.24) is 10.2 Å². The molecule has 1 N–H and O–H groups in total. The number of hydrogen-bond acceptors (Lipinski definition) is 5. The molecular formula is C18H24N2O3S. The highest BCUT2D eigenvalue weighted by atomic mass is 32.1. The number of aryl methyl sites for hydroxylation is 1. The Kier molecular flexibility index (Phi) is 5.38. The molecule has 5 nitrogen and oxygen atoms in total. The number of carbonyl (C=O) groups excluding carboxylic acids is 1. The maximum atomic E-state index is 12.7. The second-order valence-corrected chi connectivity index (χ2v) is 7.22. The van der Waals surface area contributed by atoms with Crippen LogP contribution in [0.5, 0.6) is 5.75 Å². The van der Waals surface area contributed by atoms with Crippen LogP contribution in [0.2, 0.25) is 0 Å². The Morgan fingerprint density at radius 2 is 2.25 bits per heavy atom. The lowest BCUT2D eigenvalue weighted by Gasteiger charge is -2.16. The highest BCUT2D eigenvalue weighted by Crippen LogP contribution is 2.33. The molecule has 0 bridgehead atoms. The van der Waals surface area contributed by atoms with Crippen LogP contribution in [0.4, 0.5) is 0 Å². The summed E-state index contributed by atoms with van der Waals surface area (Å²) in [6.07, 6.45) is 0.993. The third-order valence-electron chi connectivity index (χ3n) is 4.57. The van der Waals surface area contributed by atoms with Gasteiger partial charge in [-0.3, -0.25) is 9.69 Å². The fraction of sp³-hybridized carbons (Fsp3) is 0.500. The van der Waals surface area contributed by atoms with Gasteiger partial charge in [-0.1, -0.05) is 0 Å². The van der Waals surface area contributed by atoms with Gasteiger partial charge in [-0.2, -0.15) is 0 Å². The van der Waals surface area contributed by atoms with Crippen molar-refractivity contribution in [2.45, 2.75) is 19.4 Å². The minimum Gasteiger partial charge on any atom is -0.497 e. The molecule has 0 spiro atoms. The summed E-state index contributed by atoms with van der Waals surface area (Å²) < 4.78 is 11.5. The fourth-order valence-electron chi connectivity index (χ4n) is 3.17. The molecule has 2 aromatic rings. The van der Waals surface area contributed by atoms with Crippen LogP contribution >= 0.6 is 11.3 Å². The van der Waals surface area contributed by atoms with E-state index in [9.17, 15) is 4.79 Å². The molecule has 130 valence electrons. The van der Waals surface area contributed by atoms with Gasteiger partial charge in [-0.05, 0) is 42.5 Å². The molecular weight excluding hydrogens is 324 g/mol. The number of thiophene rings is 1. The largest absolute Gasteiger partial charge is 0.497 e. The van der Waals surface area contributed by atoms with Gasteiger partial charge in [0.15, 0.2) is 0 Å². The number of amides is 1. The van der Waals surface area contributed by atoms with Crippen LogP contribution in [0.15, 0.2) is 18.2 Å². The Hall–Kier alpha value is -1.63. The average Bonchev–Trinajstić information content (AvgIpc) is 3.17. The zero-order valence-electron chi connectivity index (χ0n) is 14.4. The summed E-state index contributed by atoms with van der Waals surface area (Å²) >= 11 is 1.55. The first-order valence-corrected chi connectivity index (χ1v) is 9.03. The number of rotatable bonds is 6. The first-order chi connectivity index (χ1) is 11.6. The summed E-state index contributed by atoms with van der Waals surface area (Å²) in [5.41, 5.74) is 1.03. The Bertz CT molecular complexity index is 728. The van der Waals surface area contributed by atoms with Gasteiger partial charge in [0, 0.05) is 37.5 Å². The summed E-state index contributed by atoms with van der Waals surface area (Å²) in [5.74, 6) is 0.853. The van der Waals surface area contributed by atoms with Crippen LogP contribution in [0, 0.1) is 6.92 Å². The number of nitrogens with one attached hydrogen (secondary N) is 1. The number of fused-ring (bicyclic) bond motifs is 1.